The number of amides is 3. The van der Waals surface area contributed by atoms with Crippen LogP contribution in [0.1, 0.15) is 25.0 Å². The molecule has 0 aliphatic carbocycles. The molecule has 30 heavy (non-hydrogen) atoms. The average molecular weight is 412 g/mol. The van der Waals surface area contributed by atoms with Crippen LogP contribution >= 0.6 is 0 Å². The predicted molar refractivity (Wildman–Crippen MR) is 112 cm³/mol. The maximum atomic E-state index is 12.8. The second kappa shape index (κ2) is 10.7. The number of phenolic OH excluding ortho intramolecular Hbond substituents is 1. The first-order valence-corrected chi connectivity index (χ1v) is 9.32. The van der Waals surface area contributed by atoms with Gasteiger partial charge in [0.1, 0.15) is 0 Å². The van der Waals surface area contributed by atoms with Gasteiger partial charge in [0.2, 0.25) is 0 Å². The van der Waals surface area contributed by atoms with Crippen molar-refractivity contribution in [2.24, 2.45) is 0 Å². The van der Waals surface area contributed by atoms with Gasteiger partial charge in [0, 0.05) is 7.05 Å². The van der Waals surface area contributed by atoms with E-state index in [0.29, 0.717) is 17.7 Å². The average Bonchev–Trinajstić information content (AvgIpc) is 2.74. The van der Waals surface area contributed by atoms with E-state index >= 15 is 0 Å². The summed E-state index contributed by atoms with van der Waals surface area (Å²) >= 11 is 0. The van der Waals surface area contributed by atoms with Crippen molar-refractivity contribution in [2.45, 2.75) is 20.0 Å². The number of hydrogen-bond donors (Lipinski definition) is 3. The third kappa shape index (κ3) is 6.10. The smallest absolute Gasteiger partial charge is 0.339 e. The zero-order valence-corrected chi connectivity index (χ0v) is 17.0. The van der Waals surface area contributed by atoms with Crippen LogP contribution in [-0.2, 0) is 14.3 Å². The molecule has 0 heterocycles. The minimum atomic E-state index is -1.19. The number of esters is 1. The van der Waals surface area contributed by atoms with Crippen molar-refractivity contribution < 1.29 is 29.0 Å². The van der Waals surface area contributed by atoms with Crippen molar-refractivity contribution in [3.05, 3.63) is 59.7 Å². The molecule has 0 saturated heterocycles. The van der Waals surface area contributed by atoms with Crippen LogP contribution in [0, 0.1) is 0 Å². The zero-order valence-electron chi connectivity index (χ0n) is 17.0. The van der Waals surface area contributed by atoms with Crippen molar-refractivity contribution in [3.8, 4) is 11.5 Å². The van der Waals surface area contributed by atoms with E-state index in [0.717, 1.165) is 0 Å². The highest BCUT2D eigenvalue weighted by Crippen LogP contribution is 2.29. The summed E-state index contributed by atoms with van der Waals surface area (Å²) in [6.45, 7) is 3.53. The maximum Gasteiger partial charge on any atom is 0.339 e. The zero-order chi connectivity index (χ0) is 22.1. The van der Waals surface area contributed by atoms with Gasteiger partial charge < -0.3 is 19.9 Å². The van der Waals surface area contributed by atoms with Crippen LogP contribution in [0.25, 0.3) is 11.6 Å². The van der Waals surface area contributed by atoms with Crippen molar-refractivity contribution in [1.29, 1.82) is 0 Å². The summed E-state index contributed by atoms with van der Waals surface area (Å²) < 4.78 is 10.7. The van der Waals surface area contributed by atoms with Gasteiger partial charge in [-0.1, -0.05) is 36.4 Å². The van der Waals surface area contributed by atoms with E-state index in [1.807, 2.05) is 0 Å². The second-order valence-corrected chi connectivity index (χ2v) is 6.20. The molecule has 2 aromatic rings. The fraction of sp³-hybridized carbons (Fsp3) is 0.227. The van der Waals surface area contributed by atoms with Crippen LogP contribution < -0.4 is 15.4 Å². The van der Waals surface area contributed by atoms with Gasteiger partial charge in [-0.25, -0.2) is 9.59 Å². The van der Waals surface area contributed by atoms with Crippen LogP contribution in [0.3, 0.4) is 0 Å². The Bertz CT molecular complexity index is 940. The summed E-state index contributed by atoms with van der Waals surface area (Å²) in [5.41, 5.74) is 1.37. The second-order valence-electron chi connectivity index (χ2n) is 6.20. The Hall–Kier alpha value is -3.81. The summed E-state index contributed by atoms with van der Waals surface area (Å²) in [6, 6.07) is 12.8. The molecule has 0 spiro atoms. The highest BCUT2D eigenvalue weighted by atomic mass is 16.5. The molecular formula is C22H24N2O6. The van der Waals surface area contributed by atoms with E-state index in [1.165, 1.54) is 20.0 Å². The van der Waals surface area contributed by atoms with Crippen molar-refractivity contribution in [1.82, 2.24) is 10.6 Å². The van der Waals surface area contributed by atoms with E-state index in [-0.39, 0.29) is 17.1 Å². The monoisotopic (exact) mass is 412 g/mol. The Balaban J connectivity index is 2.33. The highest BCUT2D eigenvalue weighted by molar-refractivity contribution is 6.22. The third-order valence-electron chi connectivity index (χ3n) is 4.02. The molecule has 3 N–H and O–H groups in total. The van der Waals surface area contributed by atoms with E-state index in [2.05, 4.69) is 10.6 Å². The first kappa shape index (κ1) is 22.5. The van der Waals surface area contributed by atoms with Crippen LogP contribution in [-0.4, -0.2) is 42.8 Å². The summed E-state index contributed by atoms with van der Waals surface area (Å²) in [4.78, 5) is 36.1. The quantitative estimate of drug-likeness (QED) is 0.366. The van der Waals surface area contributed by atoms with Gasteiger partial charge in [-0.3, -0.25) is 10.1 Å². The number of imide groups is 1. The maximum absolute atomic E-state index is 12.8. The van der Waals surface area contributed by atoms with Crippen LogP contribution in [0.15, 0.2) is 48.5 Å². The molecule has 0 saturated carbocycles. The van der Waals surface area contributed by atoms with Crippen molar-refractivity contribution in [3.63, 3.8) is 0 Å². The van der Waals surface area contributed by atoms with Gasteiger partial charge in [-0.2, -0.15) is 0 Å². The fourth-order valence-electron chi connectivity index (χ4n) is 2.49. The minimum Gasteiger partial charge on any atom is -0.504 e. The summed E-state index contributed by atoms with van der Waals surface area (Å²) in [5.74, 6) is -1.23. The van der Waals surface area contributed by atoms with E-state index < -0.39 is 24.0 Å². The number of benzene rings is 2. The molecule has 0 unspecified atom stereocenters. The first-order valence-electron chi connectivity index (χ1n) is 9.32. The Labute approximate surface area is 174 Å². The Morgan fingerprint density at radius 3 is 2.47 bits per heavy atom. The molecule has 2 rings (SSSR count). The van der Waals surface area contributed by atoms with Crippen molar-refractivity contribution >= 4 is 29.6 Å². The van der Waals surface area contributed by atoms with Gasteiger partial charge in [-0.15, -0.1) is 0 Å². The van der Waals surface area contributed by atoms with Crippen molar-refractivity contribution in [2.75, 3.05) is 13.7 Å². The van der Waals surface area contributed by atoms with Gasteiger partial charge >= 0.3 is 12.0 Å². The molecule has 0 aromatic heterocycles. The molecular weight excluding hydrogens is 388 g/mol. The first-order chi connectivity index (χ1) is 14.3. The number of aromatic hydroxyl groups is 1. The normalized spacial score (nSPS) is 11.9. The molecule has 8 heteroatoms. The number of nitrogens with one attached hydrogen (secondary N) is 2. The van der Waals surface area contributed by atoms with Gasteiger partial charge in [0.25, 0.3) is 5.91 Å². The van der Waals surface area contributed by atoms with Gasteiger partial charge in [-0.05, 0) is 43.2 Å². The molecule has 158 valence electrons. The molecule has 0 aliphatic heterocycles. The number of carbonyl (C=O) groups is 3. The number of carbonyl (C=O) groups excluding carboxylic acids is 3. The van der Waals surface area contributed by atoms with E-state index in [9.17, 15) is 19.5 Å². The fourth-order valence-corrected chi connectivity index (χ4v) is 2.49. The Morgan fingerprint density at radius 2 is 1.83 bits per heavy atom. The van der Waals surface area contributed by atoms with Crippen LogP contribution in [0.4, 0.5) is 4.79 Å². The van der Waals surface area contributed by atoms with Gasteiger partial charge in [0.05, 0.1) is 12.2 Å². The molecule has 2 aromatic carbocycles. The molecule has 0 aliphatic rings. The lowest BCUT2D eigenvalue weighted by atomic mass is 10.0. The molecule has 8 nitrogen and oxygen atoms in total. The molecule has 0 fully saturated rings. The molecule has 0 radical (unpaired) electrons. The largest absolute Gasteiger partial charge is 0.504 e. The summed E-state index contributed by atoms with van der Waals surface area (Å²) in [5, 5.41) is 14.2. The van der Waals surface area contributed by atoms with Crippen LogP contribution in [0.5, 0.6) is 11.5 Å². The molecule has 0 bridgehead atoms. The SMILES string of the molecule is CCOc1cc(/C=C(/C(=O)O[C@@H](C)C(=O)NC(=O)NC)c2ccccc2)ccc1O. The van der Waals surface area contributed by atoms with E-state index in [1.54, 1.807) is 55.5 Å². The number of hydrogen-bond acceptors (Lipinski definition) is 6. The number of rotatable bonds is 7. The Morgan fingerprint density at radius 1 is 1.13 bits per heavy atom. The number of phenols is 1. The molecule has 3 amide bonds. The standard InChI is InChI=1S/C22H24N2O6/c1-4-29-19-13-15(10-11-18(19)25)12-17(16-8-6-5-7-9-16)21(27)30-14(2)20(26)24-22(28)23-3/h5-14,25H,4H2,1-3H3,(H2,23,24,26,28)/b17-12+/t14-/m0/s1. The Kier molecular flexibility index (Phi) is 7.99. The van der Waals surface area contributed by atoms with Gasteiger partial charge in [0.15, 0.2) is 17.6 Å². The molecule has 1 atom stereocenters. The third-order valence-corrected chi connectivity index (χ3v) is 4.02. The lowest BCUT2D eigenvalue weighted by Gasteiger charge is -2.15. The summed E-state index contributed by atoms with van der Waals surface area (Å²) in [6.07, 6.45) is 0.379. The number of urea groups is 1. The van der Waals surface area contributed by atoms with Crippen LogP contribution in [0.2, 0.25) is 0 Å². The lowest BCUT2D eigenvalue weighted by molar-refractivity contribution is -0.148. The topological polar surface area (TPSA) is 114 Å². The summed E-state index contributed by atoms with van der Waals surface area (Å²) in [7, 11) is 1.36. The lowest BCUT2D eigenvalue weighted by Crippen LogP contribution is -2.43. The number of ether oxygens (including phenoxy) is 2. The van der Waals surface area contributed by atoms with E-state index in [4.69, 9.17) is 9.47 Å². The predicted octanol–water partition coefficient (Wildman–Crippen LogP) is 2.72. The highest BCUT2D eigenvalue weighted by Gasteiger charge is 2.22. The minimum absolute atomic E-state index is 0.0164.